The maximum Gasteiger partial charge on any atom is 0.308 e. The standard InChI is InChI=1S/C17H25NO3/c1-12(16(20)21-2)11-17-13-5-3-9-18(17)10-4-6-14(17)15(19)8-7-13/h3,5,7,12,14-15,19H,4,6,8-11H2,1-2H3/t12?,14-,15-,17-/m1/s1. The Kier molecular flexibility index (Phi) is 3.93. The Bertz CT molecular complexity index is 484. The number of methoxy groups -OCH3 is 1. The van der Waals surface area contributed by atoms with Crippen LogP contribution in [0.25, 0.3) is 0 Å². The average Bonchev–Trinajstić information content (AvgIpc) is 2.49. The highest BCUT2D eigenvalue weighted by Gasteiger charge is 2.53. The predicted octanol–water partition coefficient (Wildman–Crippen LogP) is 1.90. The average molecular weight is 291 g/mol. The van der Waals surface area contributed by atoms with Crippen LogP contribution in [-0.4, -0.2) is 47.8 Å². The number of nitrogens with zero attached hydrogens (tertiary/aromatic N) is 1. The van der Waals surface area contributed by atoms with Crippen LogP contribution in [0.15, 0.2) is 23.8 Å². The van der Waals surface area contributed by atoms with Crippen molar-refractivity contribution in [2.75, 3.05) is 20.2 Å². The quantitative estimate of drug-likeness (QED) is 0.807. The molecular weight excluding hydrogens is 266 g/mol. The number of rotatable bonds is 3. The lowest BCUT2D eigenvalue weighted by Crippen LogP contribution is -2.64. The molecule has 0 spiro atoms. The zero-order valence-corrected chi connectivity index (χ0v) is 12.9. The van der Waals surface area contributed by atoms with Crippen molar-refractivity contribution < 1.29 is 14.6 Å². The van der Waals surface area contributed by atoms with Gasteiger partial charge in [-0.2, -0.15) is 0 Å². The molecule has 2 heterocycles. The largest absolute Gasteiger partial charge is 0.469 e. The molecule has 0 radical (unpaired) electrons. The van der Waals surface area contributed by atoms with Gasteiger partial charge in [0.25, 0.3) is 0 Å². The van der Waals surface area contributed by atoms with Crippen LogP contribution in [0.4, 0.5) is 0 Å². The van der Waals surface area contributed by atoms with Crippen molar-refractivity contribution in [1.29, 1.82) is 0 Å². The first-order valence-electron chi connectivity index (χ1n) is 7.97. The van der Waals surface area contributed by atoms with Gasteiger partial charge >= 0.3 is 5.97 Å². The highest BCUT2D eigenvalue weighted by molar-refractivity contribution is 5.72. The Morgan fingerprint density at radius 3 is 3.19 bits per heavy atom. The third-order valence-electron chi connectivity index (χ3n) is 5.51. The van der Waals surface area contributed by atoms with Gasteiger partial charge in [-0.1, -0.05) is 25.2 Å². The first-order chi connectivity index (χ1) is 10.1. The zero-order valence-electron chi connectivity index (χ0n) is 12.9. The zero-order chi connectivity index (χ0) is 15.0. The second-order valence-corrected chi connectivity index (χ2v) is 6.61. The summed E-state index contributed by atoms with van der Waals surface area (Å²) in [7, 11) is 1.45. The van der Waals surface area contributed by atoms with Crippen LogP contribution in [0.3, 0.4) is 0 Å². The molecule has 3 rings (SSSR count). The van der Waals surface area contributed by atoms with Crippen LogP contribution in [0, 0.1) is 11.8 Å². The molecule has 4 nitrogen and oxygen atoms in total. The summed E-state index contributed by atoms with van der Waals surface area (Å²) >= 11 is 0. The number of piperidine rings is 1. The van der Waals surface area contributed by atoms with Crippen molar-refractivity contribution in [2.24, 2.45) is 11.8 Å². The van der Waals surface area contributed by atoms with Crippen molar-refractivity contribution in [3.8, 4) is 0 Å². The minimum atomic E-state index is -0.298. The van der Waals surface area contributed by atoms with Crippen LogP contribution >= 0.6 is 0 Å². The van der Waals surface area contributed by atoms with Crippen molar-refractivity contribution in [3.05, 3.63) is 23.8 Å². The molecule has 0 saturated carbocycles. The number of aliphatic hydroxyl groups excluding tert-OH is 1. The molecule has 0 aromatic rings. The second kappa shape index (κ2) is 5.58. The van der Waals surface area contributed by atoms with E-state index in [-0.39, 0.29) is 29.4 Å². The molecule has 0 bridgehead atoms. The number of esters is 1. The van der Waals surface area contributed by atoms with Crippen molar-refractivity contribution in [1.82, 2.24) is 4.90 Å². The summed E-state index contributed by atoms with van der Waals surface area (Å²) in [6, 6.07) is 0. The molecule has 116 valence electrons. The molecule has 2 aliphatic heterocycles. The minimum absolute atomic E-state index is 0.154. The SMILES string of the molecule is COC(=O)C(C)C[C@@]12C3=CC[C@@H](O)[C@H]1CCCN2CC=C3. The third kappa shape index (κ3) is 2.25. The molecule has 1 saturated heterocycles. The normalized spacial score (nSPS) is 36.6. The van der Waals surface area contributed by atoms with Crippen LogP contribution in [-0.2, 0) is 9.53 Å². The molecule has 0 aromatic heterocycles. The second-order valence-electron chi connectivity index (χ2n) is 6.61. The smallest absolute Gasteiger partial charge is 0.308 e. The lowest BCUT2D eigenvalue weighted by atomic mass is 9.61. The van der Waals surface area contributed by atoms with E-state index < -0.39 is 0 Å². The fraction of sp³-hybridized carbons (Fsp3) is 0.706. The molecule has 3 aliphatic rings. The number of aliphatic hydroxyl groups is 1. The molecule has 1 aliphatic carbocycles. The van der Waals surface area contributed by atoms with Gasteiger partial charge in [0, 0.05) is 12.5 Å². The van der Waals surface area contributed by atoms with E-state index in [4.69, 9.17) is 4.74 Å². The van der Waals surface area contributed by atoms with Gasteiger partial charge in [0.1, 0.15) is 0 Å². The van der Waals surface area contributed by atoms with E-state index >= 15 is 0 Å². The Balaban J connectivity index is 2.00. The Morgan fingerprint density at radius 2 is 2.43 bits per heavy atom. The number of hydrogen-bond donors (Lipinski definition) is 1. The van der Waals surface area contributed by atoms with E-state index in [0.717, 1.165) is 38.8 Å². The number of ether oxygens (including phenoxy) is 1. The van der Waals surface area contributed by atoms with Crippen molar-refractivity contribution in [2.45, 2.75) is 44.2 Å². The number of carbonyl (C=O) groups is 1. The molecule has 21 heavy (non-hydrogen) atoms. The maximum atomic E-state index is 11.9. The monoisotopic (exact) mass is 291 g/mol. The number of carbonyl (C=O) groups excluding carboxylic acids is 1. The summed E-state index contributed by atoms with van der Waals surface area (Å²) < 4.78 is 4.92. The Hall–Kier alpha value is -1.13. The molecule has 1 N–H and O–H groups in total. The van der Waals surface area contributed by atoms with Crippen LogP contribution in [0.2, 0.25) is 0 Å². The summed E-state index contributed by atoms with van der Waals surface area (Å²) in [5.74, 6) is -0.0841. The third-order valence-corrected chi connectivity index (χ3v) is 5.51. The predicted molar refractivity (Wildman–Crippen MR) is 80.7 cm³/mol. The maximum absolute atomic E-state index is 11.9. The summed E-state index contributed by atoms with van der Waals surface area (Å²) in [5, 5.41) is 10.5. The fourth-order valence-corrected chi connectivity index (χ4v) is 4.59. The van der Waals surface area contributed by atoms with Gasteiger partial charge < -0.3 is 9.84 Å². The molecule has 4 heteroatoms. The van der Waals surface area contributed by atoms with Gasteiger partial charge in [-0.25, -0.2) is 0 Å². The Labute approximate surface area is 126 Å². The van der Waals surface area contributed by atoms with Gasteiger partial charge in [0.2, 0.25) is 0 Å². The van der Waals surface area contributed by atoms with E-state index in [0.29, 0.717) is 0 Å². The molecule has 1 unspecified atom stereocenters. The van der Waals surface area contributed by atoms with E-state index in [9.17, 15) is 9.90 Å². The summed E-state index contributed by atoms with van der Waals surface area (Å²) in [6.07, 6.45) is 9.89. The molecule has 0 aromatic carbocycles. The van der Waals surface area contributed by atoms with Crippen LogP contribution < -0.4 is 0 Å². The van der Waals surface area contributed by atoms with Gasteiger partial charge in [-0.15, -0.1) is 0 Å². The molecule has 4 atom stereocenters. The van der Waals surface area contributed by atoms with Gasteiger partial charge in [-0.3, -0.25) is 9.69 Å². The lowest BCUT2D eigenvalue weighted by Gasteiger charge is -2.58. The van der Waals surface area contributed by atoms with Gasteiger partial charge in [0.05, 0.1) is 24.7 Å². The molecular formula is C17H25NO3. The van der Waals surface area contributed by atoms with Gasteiger partial charge in [-0.05, 0) is 37.8 Å². The van der Waals surface area contributed by atoms with Crippen LogP contribution in [0.1, 0.15) is 32.6 Å². The lowest BCUT2D eigenvalue weighted by molar-refractivity contribution is -0.147. The summed E-state index contributed by atoms with van der Waals surface area (Å²) in [4.78, 5) is 14.4. The highest BCUT2D eigenvalue weighted by Crippen LogP contribution is 2.50. The van der Waals surface area contributed by atoms with Gasteiger partial charge in [0.15, 0.2) is 0 Å². The topological polar surface area (TPSA) is 49.8 Å². The van der Waals surface area contributed by atoms with Crippen molar-refractivity contribution in [3.63, 3.8) is 0 Å². The molecule has 0 amide bonds. The Morgan fingerprint density at radius 1 is 1.62 bits per heavy atom. The van der Waals surface area contributed by atoms with E-state index in [1.54, 1.807) is 0 Å². The minimum Gasteiger partial charge on any atom is -0.469 e. The van der Waals surface area contributed by atoms with Crippen LogP contribution in [0.5, 0.6) is 0 Å². The van der Waals surface area contributed by atoms with E-state index in [1.807, 2.05) is 6.92 Å². The highest BCUT2D eigenvalue weighted by atomic mass is 16.5. The first-order valence-corrected chi connectivity index (χ1v) is 7.97. The summed E-state index contributed by atoms with van der Waals surface area (Å²) in [6.45, 7) is 3.89. The summed E-state index contributed by atoms with van der Waals surface area (Å²) in [5.41, 5.74) is 1.11. The van der Waals surface area contributed by atoms with Crippen molar-refractivity contribution >= 4 is 5.97 Å². The molecule has 1 fully saturated rings. The number of hydrogen-bond acceptors (Lipinski definition) is 4. The van der Waals surface area contributed by atoms with E-state index in [1.165, 1.54) is 12.7 Å². The fourth-order valence-electron chi connectivity index (χ4n) is 4.59. The first kappa shape index (κ1) is 14.8. The van der Waals surface area contributed by atoms with E-state index in [2.05, 4.69) is 23.1 Å².